The van der Waals surface area contributed by atoms with E-state index in [0.29, 0.717) is 31.1 Å². The van der Waals surface area contributed by atoms with Crippen LogP contribution in [0.25, 0.3) is 0 Å². The number of carbonyl (C=O) groups excluding carboxylic acids is 1. The molecule has 0 aliphatic carbocycles. The van der Waals surface area contributed by atoms with Gasteiger partial charge in [0.25, 0.3) is 5.91 Å². The van der Waals surface area contributed by atoms with E-state index in [1.54, 1.807) is 11.8 Å². The van der Waals surface area contributed by atoms with Crippen LogP contribution >= 0.6 is 0 Å². The number of oxazole rings is 1. The molecule has 0 aromatic carbocycles. The molecule has 7 nitrogen and oxygen atoms in total. The van der Waals surface area contributed by atoms with Crippen molar-refractivity contribution in [3.05, 3.63) is 17.3 Å². The summed E-state index contributed by atoms with van der Waals surface area (Å²) in [6, 6.07) is -0.275. The SMILES string of the molecule is CCc1nc(C)c(C(=O)N2C[C@@H](NS(C)(=O)=O)[C@H](C(C)C)C2)o1. The van der Waals surface area contributed by atoms with Crippen LogP contribution in [0.1, 0.15) is 42.9 Å². The van der Waals surface area contributed by atoms with E-state index in [-0.39, 0.29) is 29.5 Å². The van der Waals surface area contributed by atoms with Gasteiger partial charge in [-0.2, -0.15) is 0 Å². The van der Waals surface area contributed by atoms with Gasteiger partial charge in [0.15, 0.2) is 5.89 Å². The molecule has 1 aromatic rings. The van der Waals surface area contributed by atoms with Gasteiger partial charge in [-0.25, -0.2) is 18.1 Å². The van der Waals surface area contributed by atoms with Crippen molar-refractivity contribution in [1.82, 2.24) is 14.6 Å². The van der Waals surface area contributed by atoms with Gasteiger partial charge in [0.1, 0.15) is 0 Å². The molecule has 0 bridgehead atoms. The molecule has 130 valence electrons. The molecule has 1 amide bonds. The summed E-state index contributed by atoms with van der Waals surface area (Å²) in [6.07, 6.45) is 1.77. The number of carbonyl (C=O) groups is 1. The van der Waals surface area contributed by atoms with E-state index in [1.807, 2.05) is 20.8 Å². The number of amides is 1. The van der Waals surface area contributed by atoms with E-state index in [4.69, 9.17) is 4.42 Å². The van der Waals surface area contributed by atoms with Gasteiger partial charge in [-0.3, -0.25) is 4.79 Å². The molecule has 1 saturated heterocycles. The quantitative estimate of drug-likeness (QED) is 0.867. The van der Waals surface area contributed by atoms with Gasteiger partial charge in [-0.05, 0) is 18.8 Å². The number of rotatable bonds is 5. The number of aromatic nitrogens is 1. The van der Waals surface area contributed by atoms with Crippen molar-refractivity contribution < 1.29 is 17.6 Å². The van der Waals surface area contributed by atoms with Crippen LogP contribution in [0.2, 0.25) is 0 Å². The first-order chi connectivity index (χ1) is 10.6. The van der Waals surface area contributed by atoms with Crippen LogP contribution in [0.5, 0.6) is 0 Å². The summed E-state index contributed by atoms with van der Waals surface area (Å²) in [6.45, 7) is 8.57. The number of sulfonamides is 1. The molecule has 1 aromatic heterocycles. The van der Waals surface area contributed by atoms with E-state index < -0.39 is 10.0 Å². The van der Waals surface area contributed by atoms with E-state index >= 15 is 0 Å². The summed E-state index contributed by atoms with van der Waals surface area (Å²) in [4.78, 5) is 18.6. The molecule has 1 fully saturated rings. The topological polar surface area (TPSA) is 92.5 Å². The predicted molar refractivity (Wildman–Crippen MR) is 86.6 cm³/mol. The lowest BCUT2D eigenvalue weighted by Crippen LogP contribution is -2.41. The summed E-state index contributed by atoms with van der Waals surface area (Å²) in [7, 11) is -3.32. The van der Waals surface area contributed by atoms with E-state index in [1.165, 1.54) is 0 Å². The van der Waals surface area contributed by atoms with Gasteiger partial charge in [-0.15, -0.1) is 0 Å². The van der Waals surface area contributed by atoms with Crippen molar-refractivity contribution in [1.29, 1.82) is 0 Å². The second kappa shape index (κ2) is 6.60. The van der Waals surface area contributed by atoms with Gasteiger partial charge in [-0.1, -0.05) is 20.8 Å². The Kier molecular flexibility index (Phi) is 5.15. The predicted octanol–water partition coefficient (Wildman–Crippen LogP) is 1.19. The molecule has 0 radical (unpaired) electrons. The van der Waals surface area contributed by atoms with E-state index in [9.17, 15) is 13.2 Å². The highest BCUT2D eigenvalue weighted by Crippen LogP contribution is 2.27. The molecule has 1 N–H and O–H groups in total. The Morgan fingerprint density at radius 2 is 2.09 bits per heavy atom. The lowest BCUT2D eigenvalue weighted by molar-refractivity contribution is 0.0748. The number of aryl methyl sites for hydroxylation is 2. The standard InChI is InChI=1S/C15H25N3O4S/c1-6-13-16-10(4)14(22-13)15(19)18-7-11(9(2)3)12(8-18)17-23(5,20)21/h9,11-12,17H,6-8H2,1-5H3/t11-,12+/m0/s1. The largest absolute Gasteiger partial charge is 0.435 e. The fourth-order valence-corrected chi connectivity index (χ4v) is 3.81. The maximum Gasteiger partial charge on any atom is 0.291 e. The van der Waals surface area contributed by atoms with Crippen LogP contribution < -0.4 is 4.72 Å². The summed E-state index contributed by atoms with van der Waals surface area (Å²) >= 11 is 0. The highest BCUT2D eigenvalue weighted by Gasteiger charge is 2.39. The Hall–Kier alpha value is -1.41. The summed E-state index contributed by atoms with van der Waals surface area (Å²) in [5.74, 6) is 0.899. The Labute approximate surface area is 137 Å². The van der Waals surface area contributed by atoms with Crippen molar-refractivity contribution in [2.24, 2.45) is 11.8 Å². The first-order valence-corrected chi connectivity index (χ1v) is 9.74. The molecule has 2 atom stereocenters. The van der Waals surface area contributed by atoms with Crippen molar-refractivity contribution >= 4 is 15.9 Å². The van der Waals surface area contributed by atoms with Gasteiger partial charge in [0, 0.05) is 25.6 Å². The summed E-state index contributed by atoms with van der Waals surface area (Å²) < 4.78 is 31.3. The summed E-state index contributed by atoms with van der Waals surface area (Å²) in [5.41, 5.74) is 0.576. The molecular weight excluding hydrogens is 318 g/mol. The maximum atomic E-state index is 12.7. The lowest BCUT2D eigenvalue weighted by Gasteiger charge is -2.21. The second-order valence-electron chi connectivity index (χ2n) is 6.49. The third kappa shape index (κ3) is 4.11. The van der Waals surface area contributed by atoms with Gasteiger partial charge in [0.2, 0.25) is 15.8 Å². The Morgan fingerprint density at radius 3 is 2.57 bits per heavy atom. The van der Waals surface area contributed by atoms with Crippen molar-refractivity contribution in [2.45, 2.75) is 40.2 Å². The zero-order valence-corrected chi connectivity index (χ0v) is 15.1. The molecule has 23 heavy (non-hydrogen) atoms. The van der Waals surface area contributed by atoms with Crippen LogP contribution in [0.15, 0.2) is 4.42 Å². The fourth-order valence-electron chi connectivity index (χ4n) is 3.02. The number of nitrogens with one attached hydrogen (secondary N) is 1. The van der Waals surface area contributed by atoms with Gasteiger partial charge >= 0.3 is 0 Å². The maximum absolute atomic E-state index is 12.7. The summed E-state index contributed by atoms with van der Waals surface area (Å²) in [5, 5.41) is 0. The molecule has 0 unspecified atom stereocenters. The fraction of sp³-hybridized carbons (Fsp3) is 0.733. The van der Waals surface area contributed by atoms with Crippen molar-refractivity contribution in [3.63, 3.8) is 0 Å². The van der Waals surface area contributed by atoms with Crippen LogP contribution in [0.4, 0.5) is 0 Å². The van der Waals surface area contributed by atoms with Crippen molar-refractivity contribution in [3.8, 4) is 0 Å². The Balaban J connectivity index is 2.20. The molecule has 1 aliphatic heterocycles. The molecule has 0 spiro atoms. The highest BCUT2D eigenvalue weighted by molar-refractivity contribution is 7.88. The third-order valence-corrected chi connectivity index (χ3v) is 4.94. The lowest BCUT2D eigenvalue weighted by atomic mass is 9.92. The first kappa shape index (κ1) is 17.9. The molecular formula is C15H25N3O4S. The minimum Gasteiger partial charge on any atom is -0.435 e. The number of hydrogen-bond acceptors (Lipinski definition) is 5. The first-order valence-electron chi connectivity index (χ1n) is 7.85. The molecule has 0 saturated carbocycles. The number of likely N-dealkylation sites (tertiary alicyclic amines) is 1. The molecule has 2 rings (SSSR count). The molecule has 8 heteroatoms. The number of nitrogens with zero attached hydrogens (tertiary/aromatic N) is 2. The minimum absolute atomic E-state index is 0.0718. The zero-order valence-electron chi connectivity index (χ0n) is 14.3. The average Bonchev–Trinajstić information content (AvgIpc) is 3.00. The monoisotopic (exact) mass is 343 g/mol. The van der Waals surface area contributed by atoms with E-state index in [2.05, 4.69) is 9.71 Å². The molecule has 1 aliphatic rings. The smallest absolute Gasteiger partial charge is 0.291 e. The van der Waals surface area contributed by atoms with E-state index in [0.717, 1.165) is 6.26 Å². The Morgan fingerprint density at radius 1 is 1.43 bits per heavy atom. The average molecular weight is 343 g/mol. The normalized spacial score (nSPS) is 22.1. The minimum atomic E-state index is -3.32. The van der Waals surface area contributed by atoms with Crippen LogP contribution in [0.3, 0.4) is 0 Å². The zero-order chi connectivity index (χ0) is 17.4. The highest BCUT2D eigenvalue weighted by atomic mass is 32.2. The third-order valence-electron chi connectivity index (χ3n) is 4.21. The van der Waals surface area contributed by atoms with Crippen molar-refractivity contribution in [2.75, 3.05) is 19.3 Å². The van der Waals surface area contributed by atoms with Gasteiger partial charge < -0.3 is 9.32 Å². The van der Waals surface area contributed by atoms with Crippen LogP contribution in [-0.4, -0.2) is 49.6 Å². The number of hydrogen-bond donors (Lipinski definition) is 1. The van der Waals surface area contributed by atoms with Gasteiger partial charge in [0.05, 0.1) is 11.9 Å². The second-order valence-corrected chi connectivity index (χ2v) is 8.27. The van der Waals surface area contributed by atoms with Crippen LogP contribution in [0, 0.1) is 18.8 Å². The molecule has 2 heterocycles. The Bertz CT molecular complexity index is 681. The van der Waals surface area contributed by atoms with Crippen LogP contribution in [-0.2, 0) is 16.4 Å².